The second-order valence-corrected chi connectivity index (χ2v) is 8.08. The van der Waals surface area contributed by atoms with Crippen molar-refractivity contribution in [1.82, 2.24) is 0 Å². The van der Waals surface area contributed by atoms with Crippen LogP contribution >= 0.6 is 0 Å². The zero-order valence-electron chi connectivity index (χ0n) is 15.0. The minimum atomic E-state index is 0.547. The summed E-state index contributed by atoms with van der Waals surface area (Å²) in [5.41, 5.74) is 5.32. The van der Waals surface area contributed by atoms with Crippen molar-refractivity contribution in [1.29, 1.82) is 0 Å². The summed E-state index contributed by atoms with van der Waals surface area (Å²) in [5.74, 6) is 3.48. The van der Waals surface area contributed by atoms with E-state index in [2.05, 4.69) is 57.9 Å². The van der Waals surface area contributed by atoms with Crippen molar-refractivity contribution >= 4 is 0 Å². The van der Waals surface area contributed by atoms with E-state index in [1.54, 1.807) is 11.1 Å². The van der Waals surface area contributed by atoms with E-state index >= 15 is 0 Å². The van der Waals surface area contributed by atoms with Crippen molar-refractivity contribution in [3.8, 4) is 0 Å². The molecule has 124 valence electrons. The summed E-state index contributed by atoms with van der Waals surface area (Å²) in [6.45, 7) is 14.9. The van der Waals surface area contributed by atoms with Crippen molar-refractivity contribution in [2.75, 3.05) is 0 Å². The maximum atomic E-state index is 4.13. The maximum Gasteiger partial charge on any atom is -0.0128 e. The number of hydrogen-bond donors (Lipinski definition) is 0. The van der Waals surface area contributed by atoms with E-state index in [0.29, 0.717) is 5.41 Å². The Morgan fingerprint density at radius 2 is 1.91 bits per heavy atom. The van der Waals surface area contributed by atoms with E-state index in [-0.39, 0.29) is 0 Å². The Kier molecular flexibility index (Phi) is 4.54. The first-order valence-electron chi connectivity index (χ1n) is 9.35. The zero-order valence-corrected chi connectivity index (χ0v) is 15.0. The highest BCUT2D eigenvalue weighted by Crippen LogP contribution is 2.63. The summed E-state index contributed by atoms with van der Waals surface area (Å²) in [6, 6.07) is 7.22. The third-order valence-electron chi connectivity index (χ3n) is 7.24. The van der Waals surface area contributed by atoms with Crippen molar-refractivity contribution in [3.63, 3.8) is 0 Å². The van der Waals surface area contributed by atoms with Gasteiger partial charge in [-0.1, -0.05) is 36.8 Å². The molecular weight excluding hydrogens is 276 g/mol. The van der Waals surface area contributed by atoms with Gasteiger partial charge in [0.1, 0.15) is 0 Å². The fourth-order valence-electron chi connectivity index (χ4n) is 6.14. The maximum absolute atomic E-state index is 4.13. The third kappa shape index (κ3) is 2.51. The summed E-state index contributed by atoms with van der Waals surface area (Å²) >= 11 is 0. The van der Waals surface area contributed by atoms with Crippen molar-refractivity contribution < 1.29 is 0 Å². The molecule has 5 unspecified atom stereocenters. The molecule has 1 aromatic carbocycles. The van der Waals surface area contributed by atoms with E-state index in [1.165, 1.54) is 44.1 Å². The Morgan fingerprint density at radius 3 is 2.65 bits per heavy atom. The molecule has 0 saturated heterocycles. The zero-order chi connectivity index (χ0) is 16.6. The largest absolute Gasteiger partial charge is 0.106 e. The predicted octanol–water partition coefficient (Wildman–Crippen LogP) is 6.46. The smallest absolute Gasteiger partial charge is 0.0128 e. The molecule has 0 heteroatoms. The molecule has 0 spiro atoms. The Balaban J connectivity index is 0.000000753. The minimum Gasteiger partial charge on any atom is -0.106 e. The molecule has 23 heavy (non-hydrogen) atoms. The highest BCUT2D eigenvalue weighted by atomic mass is 14.6. The van der Waals surface area contributed by atoms with Crippen LogP contribution in [-0.2, 0) is 6.42 Å². The van der Waals surface area contributed by atoms with Crippen LogP contribution in [0.5, 0.6) is 0 Å². The molecule has 0 heterocycles. The summed E-state index contributed by atoms with van der Waals surface area (Å²) < 4.78 is 0. The Morgan fingerprint density at radius 1 is 1.13 bits per heavy atom. The van der Waals surface area contributed by atoms with Crippen LogP contribution in [0.15, 0.2) is 44.0 Å². The number of fused-ring (bicyclic) bond motifs is 5. The van der Waals surface area contributed by atoms with Crippen LogP contribution in [-0.4, -0.2) is 0 Å². The van der Waals surface area contributed by atoms with Gasteiger partial charge in [-0.25, -0.2) is 0 Å². The van der Waals surface area contributed by atoms with Crippen molar-refractivity contribution in [2.45, 2.75) is 58.3 Å². The SMILES string of the molecule is C=C.C=CC1CCC2C3CCc4cc(C)ccc4C3CCC12C. The van der Waals surface area contributed by atoms with Gasteiger partial charge in [-0.15, -0.1) is 19.7 Å². The Labute approximate surface area is 142 Å². The molecule has 0 bridgehead atoms. The van der Waals surface area contributed by atoms with Gasteiger partial charge in [0.25, 0.3) is 0 Å². The van der Waals surface area contributed by atoms with Gasteiger partial charge in [0.05, 0.1) is 0 Å². The van der Waals surface area contributed by atoms with E-state index in [4.69, 9.17) is 0 Å². The molecular formula is C23H32. The van der Waals surface area contributed by atoms with E-state index in [0.717, 1.165) is 23.7 Å². The molecule has 4 rings (SSSR count). The van der Waals surface area contributed by atoms with Gasteiger partial charge in [-0.3, -0.25) is 0 Å². The van der Waals surface area contributed by atoms with Gasteiger partial charge < -0.3 is 0 Å². The van der Waals surface area contributed by atoms with Crippen LogP contribution in [0.2, 0.25) is 0 Å². The number of hydrogen-bond acceptors (Lipinski definition) is 0. The van der Waals surface area contributed by atoms with E-state index in [1.807, 2.05) is 0 Å². The fourth-order valence-corrected chi connectivity index (χ4v) is 6.14. The molecule has 0 aromatic heterocycles. The lowest BCUT2D eigenvalue weighted by Crippen LogP contribution is -2.41. The van der Waals surface area contributed by atoms with Crippen LogP contribution in [0, 0.1) is 30.1 Å². The van der Waals surface area contributed by atoms with Gasteiger partial charge in [-0.05, 0) is 85.7 Å². The topological polar surface area (TPSA) is 0 Å². The Bertz CT molecular complexity index is 584. The molecule has 5 atom stereocenters. The Hall–Kier alpha value is -1.30. The number of allylic oxidation sites excluding steroid dienone is 1. The van der Waals surface area contributed by atoms with Crippen LogP contribution in [0.3, 0.4) is 0 Å². The lowest BCUT2D eigenvalue weighted by Gasteiger charge is -2.50. The average Bonchev–Trinajstić information content (AvgIpc) is 2.92. The molecule has 2 fully saturated rings. The number of benzene rings is 1. The summed E-state index contributed by atoms with van der Waals surface area (Å²) in [5, 5.41) is 0. The van der Waals surface area contributed by atoms with Crippen molar-refractivity contribution in [3.05, 3.63) is 60.7 Å². The normalized spacial score (nSPS) is 37.7. The van der Waals surface area contributed by atoms with Crippen molar-refractivity contribution in [2.24, 2.45) is 23.2 Å². The third-order valence-corrected chi connectivity index (χ3v) is 7.24. The molecule has 3 aliphatic carbocycles. The molecule has 0 amide bonds. The predicted molar refractivity (Wildman–Crippen MR) is 101 cm³/mol. The van der Waals surface area contributed by atoms with Crippen LogP contribution in [0.4, 0.5) is 0 Å². The minimum absolute atomic E-state index is 0.547. The van der Waals surface area contributed by atoms with Crippen LogP contribution in [0.25, 0.3) is 0 Å². The van der Waals surface area contributed by atoms with E-state index in [9.17, 15) is 0 Å². The first kappa shape index (κ1) is 16.6. The van der Waals surface area contributed by atoms with Gasteiger partial charge >= 0.3 is 0 Å². The van der Waals surface area contributed by atoms with Crippen LogP contribution < -0.4 is 0 Å². The molecule has 1 aromatic rings. The van der Waals surface area contributed by atoms with Gasteiger partial charge in [-0.2, -0.15) is 0 Å². The quantitative estimate of drug-likeness (QED) is 0.522. The summed E-state index contributed by atoms with van der Waals surface area (Å²) in [7, 11) is 0. The molecule has 0 aliphatic heterocycles. The first-order valence-corrected chi connectivity index (χ1v) is 9.35. The standard InChI is InChI=1S/C21H28.C2H4/c1-4-16-7-10-20-19-9-6-15-13-14(2)5-8-17(15)18(19)11-12-21(16,20)3;1-2/h4-5,8,13,16,18-20H,1,6-7,9-12H2,2-3H3;1-2H2. The summed E-state index contributed by atoms with van der Waals surface area (Å²) in [4.78, 5) is 0. The lowest BCUT2D eigenvalue weighted by atomic mass is 9.54. The van der Waals surface area contributed by atoms with Gasteiger partial charge in [0.15, 0.2) is 0 Å². The molecule has 3 aliphatic rings. The van der Waals surface area contributed by atoms with Crippen LogP contribution in [0.1, 0.15) is 61.6 Å². The second kappa shape index (κ2) is 6.30. The van der Waals surface area contributed by atoms with E-state index < -0.39 is 0 Å². The lowest BCUT2D eigenvalue weighted by molar-refractivity contribution is 0.0410. The monoisotopic (exact) mass is 308 g/mol. The number of aryl methyl sites for hydroxylation is 2. The highest BCUT2D eigenvalue weighted by Gasteiger charge is 2.53. The molecule has 0 nitrogen and oxygen atoms in total. The fraction of sp³-hybridized carbons (Fsp3) is 0.565. The first-order chi connectivity index (χ1) is 11.1. The molecule has 0 radical (unpaired) electrons. The average molecular weight is 309 g/mol. The molecule has 2 saturated carbocycles. The van der Waals surface area contributed by atoms with Gasteiger partial charge in [0.2, 0.25) is 0 Å². The number of rotatable bonds is 1. The van der Waals surface area contributed by atoms with Gasteiger partial charge in [0, 0.05) is 0 Å². The summed E-state index contributed by atoms with van der Waals surface area (Å²) in [6.07, 6.45) is 10.6. The second-order valence-electron chi connectivity index (χ2n) is 8.08. The highest BCUT2D eigenvalue weighted by molar-refractivity contribution is 5.37. The molecule has 0 N–H and O–H groups in total.